The Morgan fingerprint density at radius 2 is 0.659 bits per heavy atom. The first-order chi connectivity index (χ1) is 21.8. The van der Waals surface area contributed by atoms with E-state index in [0.717, 1.165) is 0 Å². The van der Waals surface area contributed by atoms with E-state index in [0.29, 0.717) is 0 Å². The largest absolute Gasteiger partial charge is 0.0616 e. The Kier molecular flexibility index (Phi) is 6.59. The molecule has 0 N–H and O–H groups in total. The van der Waals surface area contributed by atoms with Crippen molar-refractivity contribution in [1.82, 2.24) is 0 Å². The zero-order valence-electron chi connectivity index (χ0n) is 24.3. The quantitative estimate of drug-likeness (QED) is 0.184. The van der Waals surface area contributed by atoms with Crippen LogP contribution in [-0.2, 0) is 0 Å². The molecular formula is C44H30. The Morgan fingerprint density at radius 1 is 0.295 bits per heavy atom. The van der Waals surface area contributed by atoms with Gasteiger partial charge in [0, 0.05) is 0 Å². The second-order valence-corrected chi connectivity index (χ2v) is 11.3. The summed E-state index contributed by atoms with van der Waals surface area (Å²) in [5.41, 5.74) is 7.26. The third-order valence-electron chi connectivity index (χ3n) is 8.70. The molecule has 0 heteroatoms. The van der Waals surface area contributed by atoms with E-state index in [2.05, 4.69) is 182 Å². The van der Waals surface area contributed by atoms with E-state index in [1.165, 1.54) is 76.5 Å². The van der Waals surface area contributed by atoms with Gasteiger partial charge in [-0.2, -0.15) is 0 Å². The van der Waals surface area contributed by atoms with Gasteiger partial charge in [0.1, 0.15) is 0 Å². The van der Waals surface area contributed by atoms with Gasteiger partial charge in [-0.05, 0) is 88.6 Å². The standard InChI is InChI=1S/C44H30/c1-3-15-35-29-37(25-23-31(35)11-1)41(43-21-9-17-33-13-5-7-19-39(33)43)27-28-42(38-26-24-32-12-2-4-16-36(32)30-38)44-22-10-18-34-14-6-8-20-40(34)44/h1-30H/b41-27-,42-28-. The molecule has 8 aromatic carbocycles. The molecule has 0 aliphatic rings. The van der Waals surface area contributed by atoms with E-state index in [9.17, 15) is 0 Å². The van der Waals surface area contributed by atoms with Crippen molar-refractivity contribution in [2.45, 2.75) is 0 Å². The van der Waals surface area contributed by atoms with Crippen molar-refractivity contribution in [1.29, 1.82) is 0 Å². The molecule has 44 heavy (non-hydrogen) atoms. The van der Waals surface area contributed by atoms with Crippen LogP contribution in [0.1, 0.15) is 22.3 Å². The maximum atomic E-state index is 2.33. The van der Waals surface area contributed by atoms with Crippen LogP contribution in [0.15, 0.2) is 182 Å². The molecule has 0 saturated carbocycles. The van der Waals surface area contributed by atoms with Crippen molar-refractivity contribution >= 4 is 54.2 Å². The fraction of sp³-hybridized carbons (Fsp3) is 0. The molecule has 0 unspecified atom stereocenters. The minimum absolute atomic E-state index is 1.20. The first-order valence-corrected chi connectivity index (χ1v) is 15.2. The Bertz CT molecular complexity index is 2200. The van der Waals surface area contributed by atoms with Gasteiger partial charge in [-0.1, -0.05) is 170 Å². The summed E-state index contributed by atoms with van der Waals surface area (Å²) in [6.07, 6.45) is 4.66. The molecular weight excluding hydrogens is 528 g/mol. The van der Waals surface area contributed by atoms with E-state index >= 15 is 0 Å². The lowest BCUT2D eigenvalue weighted by molar-refractivity contribution is 1.58. The third-order valence-corrected chi connectivity index (χ3v) is 8.70. The van der Waals surface area contributed by atoms with Gasteiger partial charge in [0.15, 0.2) is 0 Å². The first-order valence-electron chi connectivity index (χ1n) is 15.2. The molecule has 0 spiro atoms. The van der Waals surface area contributed by atoms with Gasteiger partial charge < -0.3 is 0 Å². The summed E-state index contributed by atoms with van der Waals surface area (Å²) >= 11 is 0. The number of benzene rings is 8. The van der Waals surface area contributed by atoms with Crippen molar-refractivity contribution in [2.24, 2.45) is 0 Å². The highest BCUT2D eigenvalue weighted by Gasteiger charge is 2.13. The number of hydrogen-bond acceptors (Lipinski definition) is 0. The summed E-state index contributed by atoms with van der Waals surface area (Å²) in [6.45, 7) is 0. The highest BCUT2D eigenvalue weighted by molar-refractivity contribution is 6.03. The molecule has 0 bridgehead atoms. The van der Waals surface area contributed by atoms with Crippen LogP contribution in [0.5, 0.6) is 0 Å². The van der Waals surface area contributed by atoms with Gasteiger partial charge in [0.05, 0.1) is 0 Å². The van der Waals surface area contributed by atoms with E-state index in [4.69, 9.17) is 0 Å². The Labute approximate surface area is 257 Å². The van der Waals surface area contributed by atoms with Gasteiger partial charge in [0.25, 0.3) is 0 Å². The summed E-state index contributed by atoms with van der Waals surface area (Å²) in [5.74, 6) is 0. The molecule has 0 fully saturated rings. The van der Waals surface area contributed by atoms with Gasteiger partial charge in [-0.3, -0.25) is 0 Å². The molecule has 0 aliphatic carbocycles. The van der Waals surface area contributed by atoms with Crippen LogP contribution >= 0.6 is 0 Å². The fourth-order valence-corrected chi connectivity index (χ4v) is 6.48. The highest BCUT2D eigenvalue weighted by Crippen LogP contribution is 2.35. The van der Waals surface area contributed by atoms with Crippen LogP contribution in [0.4, 0.5) is 0 Å². The lowest BCUT2D eigenvalue weighted by Gasteiger charge is -2.15. The topological polar surface area (TPSA) is 0 Å². The van der Waals surface area contributed by atoms with Crippen LogP contribution in [0, 0.1) is 0 Å². The molecule has 0 nitrogen and oxygen atoms in total. The molecule has 0 radical (unpaired) electrons. The van der Waals surface area contributed by atoms with Crippen LogP contribution in [0.2, 0.25) is 0 Å². The molecule has 8 rings (SSSR count). The van der Waals surface area contributed by atoms with E-state index in [1.54, 1.807) is 0 Å². The summed E-state index contributed by atoms with van der Waals surface area (Å²) in [5, 5.41) is 9.95. The SMILES string of the molecule is C(/C=C(/c1ccc2ccccc2c1)c1cccc2ccccc12)=C(\c1ccc2ccccc2c1)c1cccc2ccccc12. The Morgan fingerprint density at radius 3 is 1.11 bits per heavy atom. The summed E-state index contributed by atoms with van der Waals surface area (Å²) in [4.78, 5) is 0. The molecule has 206 valence electrons. The highest BCUT2D eigenvalue weighted by atomic mass is 14.2. The van der Waals surface area contributed by atoms with Crippen molar-refractivity contribution in [2.75, 3.05) is 0 Å². The second-order valence-electron chi connectivity index (χ2n) is 11.3. The minimum Gasteiger partial charge on any atom is -0.0616 e. The van der Waals surface area contributed by atoms with E-state index in [-0.39, 0.29) is 0 Å². The zero-order chi connectivity index (χ0) is 29.3. The first kappa shape index (κ1) is 25.9. The minimum atomic E-state index is 1.20. The lowest BCUT2D eigenvalue weighted by Crippen LogP contribution is -1.93. The Hall–Kier alpha value is -5.72. The number of allylic oxidation sites excluding steroid dienone is 2. The molecule has 0 saturated heterocycles. The van der Waals surface area contributed by atoms with Crippen LogP contribution in [-0.4, -0.2) is 0 Å². The number of hydrogen-bond donors (Lipinski definition) is 0. The maximum Gasteiger partial charge on any atom is -0.00994 e. The van der Waals surface area contributed by atoms with Crippen molar-refractivity contribution in [3.05, 3.63) is 204 Å². The molecule has 0 heterocycles. The fourth-order valence-electron chi connectivity index (χ4n) is 6.48. The summed E-state index contributed by atoms with van der Waals surface area (Å²) < 4.78 is 0. The normalized spacial score (nSPS) is 12.4. The van der Waals surface area contributed by atoms with Crippen LogP contribution in [0.3, 0.4) is 0 Å². The smallest absolute Gasteiger partial charge is 0.00994 e. The van der Waals surface area contributed by atoms with Gasteiger partial charge >= 0.3 is 0 Å². The molecule has 0 amide bonds. The number of rotatable bonds is 5. The third kappa shape index (κ3) is 4.77. The van der Waals surface area contributed by atoms with Crippen molar-refractivity contribution in [3.63, 3.8) is 0 Å². The van der Waals surface area contributed by atoms with E-state index in [1.807, 2.05) is 0 Å². The summed E-state index contributed by atoms with van der Waals surface area (Å²) in [7, 11) is 0. The van der Waals surface area contributed by atoms with Crippen molar-refractivity contribution in [3.8, 4) is 0 Å². The Balaban J connectivity index is 1.42. The predicted molar refractivity (Wildman–Crippen MR) is 190 cm³/mol. The van der Waals surface area contributed by atoms with Crippen LogP contribution < -0.4 is 0 Å². The second kappa shape index (κ2) is 11.2. The average molecular weight is 559 g/mol. The van der Waals surface area contributed by atoms with Gasteiger partial charge in [-0.25, -0.2) is 0 Å². The van der Waals surface area contributed by atoms with Gasteiger partial charge in [-0.15, -0.1) is 0 Å². The molecule has 0 aromatic heterocycles. The van der Waals surface area contributed by atoms with Crippen LogP contribution in [0.25, 0.3) is 54.2 Å². The zero-order valence-corrected chi connectivity index (χ0v) is 24.3. The predicted octanol–water partition coefficient (Wildman–Crippen LogP) is 11.9. The van der Waals surface area contributed by atoms with Crippen molar-refractivity contribution < 1.29 is 0 Å². The molecule has 8 aromatic rings. The van der Waals surface area contributed by atoms with E-state index < -0.39 is 0 Å². The maximum absolute atomic E-state index is 2.33. The van der Waals surface area contributed by atoms with Gasteiger partial charge in [0.2, 0.25) is 0 Å². The number of fused-ring (bicyclic) bond motifs is 4. The molecule has 0 atom stereocenters. The average Bonchev–Trinajstić information content (AvgIpc) is 3.09. The molecule has 0 aliphatic heterocycles. The summed E-state index contributed by atoms with van der Waals surface area (Å²) in [6, 6.07) is 61.5. The monoisotopic (exact) mass is 558 g/mol. The lowest BCUT2D eigenvalue weighted by atomic mass is 9.89.